The number of ether oxygens (including phenoxy) is 2. The van der Waals surface area contributed by atoms with Crippen molar-refractivity contribution in [3.05, 3.63) is 41.0 Å². The third-order valence-electron chi connectivity index (χ3n) is 4.51. The molecule has 0 atom stereocenters. The van der Waals surface area contributed by atoms with Gasteiger partial charge in [0.05, 0.1) is 17.5 Å². The van der Waals surface area contributed by atoms with E-state index in [4.69, 9.17) is 13.9 Å². The molecule has 3 heterocycles. The zero-order valence-corrected chi connectivity index (χ0v) is 15.8. The van der Waals surface area contributed by atoms with Gasteiger partial charge >= 0.3 is 11.8 Å². The summed E-state index contributed by atoms with van der Waals surface area (Å²) < 4.78 is 42.9. The molecule has 1 fully saturated rings. The van der Waals surface area contributed by atoms with Crippen molar-refractivity contribution in [1.82, 2.24) is 19.3 Å². The minimum absolute atomic E-state index is 0.108. The number of methoxy groups -OCH3 is 1. The van der Waals surface area contributed by atoms with Gasteiger partial charge in [-0.3, -0.25) is 4.98 Å². The zero-order chi connectivity index (χ0) is 19.7. The number of aromatic nitrogens is 3. The highest BCUT2D eigenvalue weighted by molar-refractivity contribution is 7.89. The predicted octanol–water partition coefficient (Wildman–Crippen LogP) is 1.15. The van der Waals surface area contributed by atoms with Crippen LogP contribution in [-0.4, -0.2) is 54.0 Å². The minimum atomic E-state index is -3.68. The number of benzene rings is 1. The maximum Gasteiger partial charge on any atom is 0.417 e. The Morgan fingerprint density at radius 2 is 2.04 bits per heavy atom. The number of nitrogens with zero attached hydrogens (tertiary/aromatic N) is 3. The number of piperidine rings is 1. The number of H-pyrrole nitrogens is 1. The van der Waals surface area contributed by atoms with Crippen LogP contribution in [0.1, 0.15) is 12.8 Å². The van der Waals surface area contributed by atoms with Crippen LogP contribution in [0, 0.1) is 0 Å². The first-order valence-corrected chi connectivity index (χ1v) is 10.1. The van der Waals surface area contributed by atoms with Crippen molar-refractivity contribution in [1.29, 1.82) is 0 Å². The van der Waals surface area contributed by atoms with Gasteiger partial charge in [0.15, 0.2) is 5.58 Å². The van der Waals surface area contributed by atoms with Crippen LogP contribution >= 0.6 is 0 Å². The molecule has 1 saturated heterocycles. The topological polar surface area (TPSA) is 128 Å². The van der Waals surface area contributed by atoms with Gasteiger partial charge in [-0.1, -0.05) is 0 Å². The van der Waals surface area contributed by atoms with Crippen molar-refractivity contribution in [2.45, 2.75) is 23.8 Å². The van der Waals surface area contributed by atoms with E-state index in [1.165, 1.54) is 35.8 Å². The van der Waals surface area contributed by atoms with E-state index in [0.29, 0.717) is 42.9 Å². The van der Waals surface area contributed by atoms with E-state index in [2.05, 4.69) is 15.0 Å². The molecule has 0 aliphatic carbocycles. The lowest BCUT2D eigenvalue weighted by Crippen LogP contribution is -2.41. The summed E-state index contributed by atoms with van der Waals surface area (Å²) >= 11 is 0. The third-order valence-corrected chi connectivity index (χ3v) is 6.40. The van der Waals surface area contributed by atoms with Gasteiger partial charge < -0.3 is 13.9 Å². The maximum atomic E-state index is 12.9. The molecule has 0 amide bonds. The van der Waals surface area contributed by atoms with E-state index in [1.54, 1.807) is 6.07 Å². The summed E-state index contributed by atoms with van der Waals surface area (Å²) in [6.07, 6.45) is 2.43. The van der Waals surface area contributed by atoms with Crippen molar-refractivity contribution in [2.24, 2.45) is 0 Å². The summed E-state index contributed by atoms with van der Waals surface area (Å²) in [6, 6.07) is 6.16. The lowest BCUT2D eigenvalue weighted by molar-refractivity contribution is 0.128. The number of sulfonamides is 1. The first-order valence-electron chi connectivity index (χ1n) is 8.62. The standard InChI is InChI=1S/C17H18N4O6S/c1-25-16-18-7-4-15(20-16)26-11-5-8-21(9-6-11)28(23,24)12-2-3-14-13(10-12)19-17(22)27-14/h2-4,7,10-11H,5-6,8-9H2,1H3,(H,19,22). The summed E-state index contributed by atoms with van der Waals surface area (Å²) in [7, 11) is -2.21. The largest absolute Gasteiger partial charge is 0.474 e. The average molecular weight is 406 g/mol. The van der Waals surface area contributed by atoms with Crippen molar-refractivity contribution in [3.63, 3.8) is 0 Å². The van der Waals surface area contributed by atoms with Crippen molar-refractivity contribution >= 4 is 21.1 Å². The fourth-order valence-corrected chi connectivity index (χ4v) is 4.59. The highest BCUT2D eigenvalue weighted by Gasteiger charge is 2.30. The molecular formula is C17H18N4O6S. The number of rotatable bonds is 5. The molecule has 0 spiro atoms. The lowest BCUT2D eigenvalue weighted by atomic mass is 10.1. The zero-order valence-electron chi connectivity index (χ0n) is 15.0. The first kappa shape index (κ1) is 18.4. The number of hydrogen-bond acceptors (Lipinski definition) is 8. The molecule has 0 saturated carbocycles. The molecule has 1 N–H and O–H groups in total. The molecule has 0 unspecified atom stereocenters. The van der Waals surface area contributed by atoms with E-state index < -0.39 is 15.8 Å². The molecule has 11 heteroatoms. The Kier molecular flexibility index (Phi) is 4.77. The lowest BCUT2D eigenvalue weighted by Gasteiger charge is -2.31. The normalized spacial score (nSPS) is 16.3. The van der Waals surface area contributed by atoms with E-state index >= 15 is 0 Å². The molecule has 28 heavy (non-hydrogen) atoms. The van der Waals surface area contributed by atoms with E-state index in [1.807, 2.05) is 0 Å². The van der Waals surface area contributed by atoms with Crippen LogP contribution in [0.3, 0.4) is 0 Å². The average Bonchev–Trinajstić information content (AvgIpc) is 3.07. The van der Waals surface area contributed by atoms with Gasteiger partial charge in [0.25, 0.3) is 0 Å². The Labute approximate surface area is 160 Å². The molecule has 0 bridgehead atoms. The summed E-state index contributed by atoms with van der Waals surface area (Å²) in [5.41, 5.74) is 0.665. The van der Waals surface area contributed by atoms with Crippen molar-refractivity contribution < 1.29 is 22.3 Å². The van der Waals surface area contributed by atoms with Crippen molar-refractivity contribution in [3.8, 4) is 11.9 Å². The Hall–Kier alpha value is -2.92. The monoisotopic (exact) mass is 406 g/mol. The summed E-state index contributed by atoms with van der Waals surface area (Å²) in [5, 5.41) is 0. The number of nitrogens with one attached hydrogen (secondary N) is 1. The van der Waals surface area contributed by atoms with Crippen LogP contribution in [-0.2, 0) is 10.0 Å². The quantitative estimate of drug-likeness (QED) is 0.668. The van der Waals surface area contributed by atoms with Crippen LogP contribution in [0.5, 0.6) is 11.9 Å². The molecule has 0 radical (unpaired) electrons. The molecule has 1 aromatic carbocycles. The summed E-state index contributed by atoms with van der Waals surface area (Å²) in [5.74, 6) is -0.230. The third kappa shape index (κ3) is 3.58. The predicted molar refractivity (Wildman–Crippen MR) is 97.8 cm³/mol. The minimum Gasteiger partial charge on any atom is -0.474 e. The Morgan fingerprint density at radius 3 is 2.79 bits per heavy atom. The Balaban J connectivity index is 1.45. The SMILES string of the molecule is COc1nccc(OC2CCN(S(=O)(=O)c3ccc4oc(=O)[nH]c4c3)CC2)n1. The second-order valence-corrected chi connectivity index (χ2v) is 8.21. The first-order chi connectivity index (χ1) is 13.5. The molecule has 3 aromatic rings. The summed E-state index contributed by atoms with van der Waals surface area (Å²) in [6.45, 7) is 0.629. The van der Waals surface area contributed by atoms with Crippen molar-refractivity contribution in [2.75, 3.05) is 20.2 Å². The Morgan fingerprint density at radius 1 is 1.25 bits per heavy atom. The molecular weight excluding hydrogens is 388 g/mol. The fourth-order valence-electron chi connectivity index (χ4n) is 3.09. The van der Waals surface area contributed by atoms with Gasteiger partial charge in [-0.15, -0.1) is 0 Å². The molecule has 2 aromatic heterocycles. The molecule has 1 aliphatic heterocycles. The maximum absolute atomic E-state index is 12.9. The van der Waals surface area contributed by atoms with Gasteiger partial charge in [-0.05, 0) is 31.0 Å². The smallest absolute Gasteiger partial charge is 0.417 e. The number of oxazole rings is 1. The van der Waals surface area contributed by atoms with Gasteiger partial charge in [-0.2, -0.15) is 9.29 Å². The van der Waals surface area contributed by atoms with Crippen LogP contribution in [0.25, 0.3) is 11.1 Å². The van der Waals surface area contributed by atoms with Gasteiger partial charge in [0.2, 0.25) is 15.9 Å². The van der Waals surface area contributed by atoms with Crippen LogP contribution in [0.4, 0.5) is 0 Å². The van der Waals surface area contributed by atoms with Gasteiger partial charge in [0, 0.05) is 25.4 Å². The van der Waals surface area contributed by atoms with E-state index in [-0.39, 0.29) is 17.0 Å². The highest BCUT2D eigenvalue weighted by Crippen LogP contribution is 2.25. The number of aromatic amines is 1. The number of hydrogen-bond donors (Lipinski definition) is 1. The van der Waals surface area contributed by atoms with Crippen LogP contribution < -0.4 is 15.2 Å². The highest BCUT2D eigenvalue weighted by atomic mass is 32.2. The fraction of sp³-hybridized carbons (Fsp3) is 0.353. The van der Waals surface area contributed by atoms with Crippen LogP contribution in [0.15, 0.2) is 44.6 Å². The molecule has 148 valence electrons. The number of fused-ring (bicyclic) bond motifs is 1. The second kappa shape index (κ2) is 7.24. The Bertz CT molecular complexity index is 1150. The molecule has 4 rings (SSSR count). The second-order valence-electron chi connectivity index (χ2n) is 6.28. The van der Waals surface area contributed by atoms with Crippen LogP contribution in [0.2, 0.25) is 0 Å². The van der Waals surface area contributed by atoms with Gasteiger partial charge in [0.1, 0.15) is 6.10 Å². The summed E-state index contributed by atoms with van der Waals surface area (Å²) in [4.78, 5) is 21.9. The molecule has 1 aliphatic rings. The van der Waals surface area contributed by atoms with E-state index in [9.17, 15) is 13.2 Å². The van der Waals surface area contributed by atoms with Gasteiger partial charge in [-0.25, -0.2) is 18.2 Å². The molecule has 10 nitrogen and oxygen atoms in total. The van der Waals surface area contributed by atoms with E-state index in [0.717, 1.165) is 0 Å².